The fourth-order valence-corrected chi connectivity index (χ4v) is 4.81. The molecule has 25 heavy (non-hydrogen) atoms. The van der Waals surface area contributed by atoms with Crippen molar-refractivity contribution in [2.24, 2.45) is 0 Å². The summed E-state index contributed by atoms with van der Waals surface area (Å²) in [5.74, 6) is 0.949. The maximum absolute atomic E-state index is 12.6. The van der Waals surface area contributed by atoms with Crippen LogP contribution in [0.25, 0.3) is 0 Å². The second kappa shape index (κ2) is 6.44. The lowest BCUT2D eigenvalue weighted by atomic mass is 9.79. The van der Waals surface area contributed by atoms with Crippen molar-refractivity contribution in [2.45, 2.75) is 43.6 Å². The van der Waals surface area contributed by atoms with E-state index in [9.17, 15) is 13.5 Å². The number of hydrogen-bond acceptors (Lipinski definition) is 6. The Kier molecular flexibility index (Phi) is 4.61. The van der Waals surface area contributed by atoms with Gasteiger partial charge in [0, 0.05) is 6.54 Å². The molecule has 0 saturated carbocycles. The molecule has 0 radical (unpaired) electrons. The van der Waals surface area contributed by atoms with Gasteiger partial charge in [0.25, 0.3) is 0 Å². The highest BCUT2D eigenvalue weighted by Crippen LogP contribution is 2.37. The number of fused-ring (bicyclic) bond motifs is 1. The molecule has 1 aliphatic carbocycles. The lowest BCUT2D eigenvalue weighted by Gasteiger charge is -2.34. The van der Waals surface area contributed by atoms with Crippen LogP contribution in [0, 0.1) is 13.8 Å². The van der Waals surface area contributed by atoms with Gasteiger partial charge in [0.05, 0.1) is 7.11 Å². The van der Waals surface area contributed by atoms with E-state index >= 15 is 0 Å². The number of hydrogen-bond donors (Lipinski definition) is 2. The van der Waals surface area contributed by atoms with Crippen molar-refractivity contribution in [3.8, 4) is 5.75 Å². The lowest BCUT2D eigenvalue weighted by molar-refractivity contribution is 0.0242. The molecule has 1 heterocycles. The van der Waals surface area contributed by atoms with Crippen LogP contribution in [0.15, 0.2) is 27.6 Å². The molecule has 0 unspecified atom stereocenters. The van der Waals surface area contributed by atoms with Gasteiger partial charge in [-0.3, -0.25) is 0 Å². The predicted molar refractivity (Wildman–Crippen MR) is 91.0 cm³/mol. The van der Waals surface area contributed by atoms with E-state index in [1.807, 2.05) is 6.07 Å². The zero-order valence-corrected chi connectivity index (χ0v) is 15.3. The van der Waals surface area contributed by atoms with E-state index in [0.717, 1.165) is 29.7 Å². The molecule has 8 heteroatoms. The van der Waals surface area contributed by atoms with Crippen LogP contribution in [0.4, 0.5) is 0 Å². The van der Waals surface area contributed by atoms with E-state index in [4.69, 9.17) is 9.26 Å². The number of nitrogens with one attached hydrogen (secondary N) is 1. The van der Waals surface area contributed by atoms with E-state index in [1.165, 1.54) is 0 Å². The fourth-order valence-electron chi connectivity index (χ4n) is 3.39. The number of aryl methyl sites for hydroxylation is 3. The second-order valence-corrected chi connectivity index (χ2v) is 8.09. The number of aromatic nitrogens is 1. The summed E-state index contributed by atoms with van der Waals surface area (Å²) in [4.78, 5) is 0.0295. The Morgan fingerprint density at radius 1 is 1.40 bits per heavy atom. The first-order chi connectivity index (χ1) is 11.8. The summed E-state index contributed by atoms with van der Waals surface area (Å²) in [6, 6.07) is 5.47. The van der Waals surface area contributed by atoms with Gasteiger partial charge in [-0.05, 0) is 56.4 Å². The Morgan fingerprint density at radius 3 is 2.80 bits per heavy atom. The Bertz CT molecular complexity index is 871. The van der Waals surface area contributed by atoms with Crippen molar-refractivity contribution in [2.75, 3.05) is 13.7 Å². The molecule has 0 fully saturated rings. The lowest BCUT2D eigenvalue weighted by Crippen LogP contribution is -2.43. The van der Waals surface area contributed by atoms with Crippen molar-refractivity contribution in [3.05, 3.63) is 40.8 Å². The smallest absolute Gasteiger partial charge is 0.246 e. The molecule has 136 valence electrons. The standard InChI is InChI=1S/C17H22N2O5S/c1-11-16(12(2)24-19-11)25(21,22)18-10-17(20)8-4-5-13-9-14(23-3)6-7-15(13)17/h6-7,9,18,20H,4-5,8,10H2,1-3H3/t17-/m0/s1. The summed E-state index contributed by atoms with van der Waals surface area (Å²) >= 11 is 0. The molecular formula is C17H22N2O5S. The monoisotopic (exact) mass is 366 g/mol. The van der Waals surface area contributed by atoms with Crippen LogP contribution in [0.1, 0.15) is 35.4 Å². The number of aliphatic hydroxyl groups is 1. The van der Waals surface area contributed by atoms with Crippen LogP contribution in [0.2, 0.25) is 0 Å². The van der Waals surface area contributed by atoms with Crippen molar-refractivity contribution in [3.63, 3.8) is 0 Å². The minimum absolute atomic E-state index is 0.0295. The van der Waals surface area contributed by atoms with Crippen LogP contribution in [-0.4, -0.2) is 32.3 Å². The van der Waals surface area contributed by atoms with Crippen molar-refractivity contribution in [1.82, 2.24) is 9.88 Å². The maximum atomic E-state index is 12.6. The van der Waals surface area contributed by atoms with Gasteiger partial charge in [-0.15, -0.1) is 0 Å². The van der Waals surface area contributed by atoms with Gasteiger partial charge in [0.1, 0.15) is 21.9 Å². The molecule has 3 rings (SSSR count). The molecule has 0 bridgehead atoms. The van der Waals surface area contributed by atoms with Gasteiger partial charge in [-0.25, -0.2) is 13.1 Å². The summed E-state index contributed by atoms with van der Waals surface area (Å²) < 4.78 is 37.9. The zero-order chi connectivity index (χ0) is 18.2. The van der Waals surface area contributed by atoms with Crippen molar-refractivity contribution < 1.29 is 22.8 Å². The quantitative estimate of drug-likeness (QED) is 0.837. The Morgan fingerprint density at radius 2 is 2.16 bits per heavy atom. The normalized spacial score (nSPS) is 20.3. The molecule has 2 aromatic rings. The van der Waals surface area contributed by atoms with Crippen LogP contribution in [0.5, 0.6) is 5.75 Å². The molecule has 0 aliphatic heterocycles. The molecule has 1 aromatic carbocycles. The van der Waals surface area contributed by atoms with Crippen LogP contribution < -0.4 is 9.46 Å². The Labute approximate surface area is 147 Å². The van der Waals surface area contributed by atoms with Crippen LogP contribution >= 0.6 is 0 Å². The molecule has 0 spiro atoms. The summed E-state index contributed by atoms with van der Waals surface area (Å²) in [6.07, 6.45) is 2.08. The minimum atomic E-state index is -3.82. The largest absolute Gasteiger partial charge is 0.497 e. The summed E-state index contributed by atoms with van der Waals surface area (Å²) in [6.45, 7) is 3.01. The average Bonchev–Trinajstić information content (AvgIpc) is 2.92. The van der Waals surface area contributed by atoms with E-state index in [-0.39, 0.29) is 17.2 Å². The number of benzene rings is 1. The van der Waals surface area contributed by atoms with Crippen LogP contribution in [0.3, 0.4) is 0 Å². The maximum Gasteiger partial charge on any atom is 0.246 e. The molecule has 0 amide bonds. The number of nitrogens with zero attached hydrogens (tertiary/aromatic N) is 1. The van der Waals surface area contributed by atoms with Gasteiger partial charge in [-0.2, -0.15) is 0 Å². The van der Waals surface area contributed by atoms with E-state index < -0.39 is 15.6 Å². The first-order valence-electron chi connectivity index (χ1n) is 8.09. The van der Waals surface area contributed by atoms with Gasteiger partial charge >= 0.3 is 0 Å². The minimum Gasteiger partial charge on any atom is -0.497 e. The predicted octanol–water partition coefficient (Wildman–Crippen LogP) is 1.80. The topological polar surface area (TPSA) is 102 Å². The van der Waals surface area contributed by atoms with Gasteiger partial charge in [0.2, 0.25) is 10.0 Å². The first-order valence-corrected chi connectivity index (χ1v) is 9.57. The fraction of sp³-hybridized carbons (Fsp3) is 0.471. The number of rotatable bonds is 5. The average molecular weight is 366 g/mol. The summed E-state index contributed by atoms with van der Waals surface area (Å²) in [7, 11) is -2.23. The van der Waals surface area contributed by atoms with Gasteiger partial charge in [-0.1, -0.05) is 11.2 Å². The third-order valence-electron chi connectivity index (χ3n) is 4.64. The van der Waals surface area contributed by atoms with Crippen molar-refractivity contribution in [1.29, 1.82) is 0 Å². The molecule has 1 aliphatic rings. The number of ether oxygens (including phenoxy) is 1. The van der Waals surface area contributed by atoms with Gasteiger partial charge < -0.3 is 14.4 Å². The number of sulfonamides is 1. The highest BCUT2D eigenvalue weighted by Gasteiger charge is 2.36. The van der Waals surface area contributed by atoms with E-state index in [2.05, 4.69) is 9.88 Å². The van der Waals surface area contributed by atoms with Crippen molar-refractivity contribution >= 4 is 10.0 Å². The second-order valence-electron chi connectivity index (χ2n) is 6.39. The zero-order valence-electron chi connectivity index (χ0n) is 14.5. The van der Waals surface area contributed by atoms with Gasteiger partial charge in [0.15, 0.2) is 5.76 Å². The first kappa shape index (κ1) is 17.9. The highest BCUT2D eigenvalue weighted by molar-refractivity contribution is 7.89. The SMILES string of the molecule is COc1ccc2c(c1)CCC[C@]2(O)CNS(=O)(=O)c1c(C)noc1C. The third-order valence-corrected chi connectivity index (χ3v) is 6.29. The molecule has 2 N–H and O–H groups in total. The van der Waals surface area contributed by atoms with E-state index in [1.54, 1.807) is 33.1 Å². The Balaban J connectivity index is 1.87. The molecule has 0 saturated heterocycles. The summed E-state index contributed by atoms with van der Waals surface area (Å²) in [5.41, 5.74) is 0.753. The number of methoxy groups -OCH3 is 1. The molecular weight excluding hydrogens is 344 g/mol. The highest BCUT2D eigenvalue weighted by atomic mass is 32.2. The van der Waals surface area contributed by atoms with E-state index in [0.29, 0.717) is 12.1 Å². The molecule has 1 atom stereocenters. The third kappa shape index (κ3) is 3.29. The summed E-state index contributed by atoms with van der Waals surface area (Å²) in [5, 5.41) is 14.8. The molecule has 7 nitrogen and oxygen atoms in total. The molecule has 1 aromatic heterocycles. The van der Waals surface area contributed by atoms with Crippen LogP contribution in [-0.2, 0) is 22.0 Å². The Hall–Kier alpha value is -1.90.